The Morgan fingerprint density at radius 2 is 2.00 bits per heavy atom. The van der Waals surface area contributed by atoms with Gasteiger partial charge in [0.1, 0.15) is 11.5 Å². The molecule has 0 unspecified atom stereocenters. The second-order valence-electron chi connectivity index (χ2n) is 4.63. The second-order valence-corrected chi connectivity index (χ2v) is 4.63. The summed E-state index contributed by atoms with van der Waals surface area (Å²) in [6.07, 6.45) is 2.46. The molecule has 0 aliphatic rings. The van der Waals surface area contributed by atoms with Crippen molar-refractivity contribution in [1.82, 2.24) is 15.2 Å². The van der Waals surface area contributed by atoms with Gasteiger partial charge in [0.05, 0.1) is 26.1 Å². The van der Waals surface area contributed by atoms with Crippen molar-refractivity contribution in [3.8, 4) is 11.5 Å². The monoisotopic (exact) mass is 319 g/mol. The summed E-state index contributed by atoms with van der Waals surface area (Å²) in [6.45, 7) is 1.44. The van der Waals surface area contributed by atoms with E-state index in [1.54, 1.807) is 33.6 Å². The molecule has 2 rings (SSSR count). The minimum absolute atomic E-state index is 0.380. The van der Waals surface area contributed by atoms with Crippen LogP contribution in [0.3, 0.4) is 0 Å². The van der Waals surface area contributed by atoms with Crippen LogP contribution in [-0.4, -0.2) is 49.7 Å². The summed E-state index contributed by atoms with van der Waals surface area (Å²) in [7, 11) is 4.87. The average molecular weight is 319 g/mol. The fourth-order valence-electron chi connectivity index (χ4n) is 1.90. The topological polar surface area (TPSA) is 90.4 Å². The van der Waals surface area contributed by atoms with Crippen LogP contribution in [0.4, 0.5) is 17.5 Å². The minimum Gasteiger partial charge on any atom is -0.497 e. The number of ether oxygens (including phenoxy) is 3. The Balaban J connectivity index is 2.05. The lowest BCUT2D eigenvalue weighted by Crippen LogP contribution is -2.08. The Kier molecular flexibility index (Phi) is 6.37. The highest BCUT2D eigenvalue weighted by molar-refractivity contribution is 5.64. The van der Waals surface area contributed by atoms with Crippen molar-refractivity contribution in [2.24, 2.45) is 0 Å². The SMILES string of the molecule is COCCCNc1cnnc(Nc2ccc(OC)cc2OC)n1. The Hall–Kier alpha value is -2.61. The summed E-state index contributed by atoms with van der Waals surface area (Å²) in [5.74, 6) is 2.36. The van der Waals surface area contributed by atoms with E-state index < -0.39 is 0 Å². The first-order chi connectivity index (χ1) is 11.3. The van der Waals surface area contributed by atoms with E-state index in [-0.39, 0.29) is 0 Å². The van der Waals surface area contributed by atoms with Crippen LogP contribution in [0.1, 0.15) is 6.42 Å². The van der Waals surface area contributed by atoms with E-state index in [2.05, 4.69) is 25.8 Å². The summed E-state index contributed by atoms with van der Waals surface area (Å²) in [4.78, 5) is 4.36. The predicted molar refractivity (Wildman–Crippen MR) is 87.6 cm³/mol. The average Bonchev–Trinajstić information content (AvgIpc) is 2.59. The third-order valence-electron chi connectivity index (χ3n) is 3.05. The first-order valence-electron chi connectivity index (χ1n) is 7.18. The smallest absolute Gasteiger partial charge is 0.249 e. The van der Waals surface area contributed by atoms with E-state index >= 15 is 0 Å². The fraction of sp³-hybridized carbons (Fsp3) is 0.400. The largest absolute Gasteiger partial charge is 0.497 e. The molecule has 0 radical (unpaired) electrons. The summed E-state index contributed by atoms with van der Waals surface area (Å²) >= 11 is 0. The van der Waals surface area contributed by atoms with Gasteiger partial charge in [-0.05, 0) is 18.6 Å². The number of nitrogens with one attached hydrogen (secondary N) is 2. The molecule has 8 nitrogen and oxygen atoms in total. The molecule has 0 fully saturated rings. The van der Waals surface area contributed by atoms with Gasteiger partial charge in [0.15, 0.2) is 5.82 Å². The number of hydrogen-bond donors (Lipinski definition) is 2. The molecular weight excluding hydrogens is 298 g/mol. The lowest BCUT2D eigenvalue weighted by molar-refractivity contribution is 0.197. The molecule has 0 aliphatic heterocycles. The molecule has 2 aromatic rings. The molecule has 0 amide bonds. The molecule has 2 N–H and O–H groups in total. The molecule has 1 aromatic heterocycles. The van der Waals surface area contributed by atoms with Crippen molar-refractivity contribution in [1.29, 1.82) is 0 Å². The Morgan fingerprint density at radius 1 is 1.13 bits per heavy atom. The zero-order valence-electron chi connectivity index (χ0n) is 13.5. The molecule has 1 heterocycles. The van der Waals surface area contributed by atoms with E-state index in [1.165, 1.54) is 0 Å². The van der Waals surface area contributed by atoms with Gasteiger partial charge < -0.3 is 24.8 Å². The summed E-state index contributed by atoms with van der Waals surface area (Å²) < 4.78 is 15.5. The second kappa shape index (κ2) is 8.74. The zero-order chi connectivity index (χ0) is 16.5. The Bertz CT molecular complexity index is 624. The predicted octanol–water partition coefficient (Wildman–Crippen LogP) is 2.08. The molecule has 0 aliphatic carbocycles. The van der Waals surface area contributed by atoms with E-state index in [4.69, 9.17) is 14.2 Å². The van der Waals surface area contributed by atoms with Crippen molar-refractivity contribution in [2.75, 3.05) is 45.1 Å². The maximum Gasteiger partial charge on any atom is 0.249 e. The first kappa shape index (κ1) is 16.8. The molecule has 23 heavy (non-hydrogen) atoms. The van der Waals surface area contributed by atoms with Gasteiger partial charge in [-0.15, -0.1) is 5.10 Å². The van der Waals surface area contributed by atoms with E-state index in [0.29, 0.717) is 29.9 Å². The van der Waals surface area contributed by atoms with Gasteiger partial charge in [0.2, 0.25) is 5.95 Å². The van der Waals surface area contributed by atoms with Gasteiger partial charge in [-0.2, -0.15) is 10.1 Å². The van der Waals surface area contributed by atoms with Crippen molar-refractivity contribution in [2.45, 2.75) is 6.42 Å². The molecule has 0 saturated heterocycles. The van der Waals surface area contributed by atoms with Crippen LogP contribution in [0.25, 0.3) is 0 Å². The number of methoxy groups -OCH3 is 3. The lowest BCUT2D eigenvalue weighted by Gasteiger charge is -2.11. The molecule has 8 heteroatoms. The van der Waals surface area contributed by atoms with Crippen LogP contribution >= 0.6 is 0 Å². The van der Waals surface area contributed by atoms with Crippen molar-refractivity contribution >= 4 is 17.5 Å². The molecule has 0 bridgehead atoms. The van der Waals surface area contributed by atoms with Crippen LogP contribution in [0.2, 0.25) is 0 Å². The summed E-state index contributed by atoms with van der Waals surface area (Å²) in [5, 5.41) is 14.2. The molecule has 0 atom stereocenters. The summed E-state index contributed by atoms with van der Waals surface area (Å²) in [6, 6.07) is 5.44. The van der Waals surface area contributed by atoms with Crippen LogP contribution in [-0.2, 0) is 4.74 Å². The maximum absolute atomic E-state index is 5.33. The first-order valence-corrected chi connectivity index (χ1v) is 7.18. The standard InChI is InChI=1S/C15H21N5O3/c1-21-8-4-7-16-14-10-17-20-15(19-14)18-12-6-5-11(22-2)9-13(12)23-3/h5-6,9-10H,4,7-8H2,1-3H3,(H2,16,18,19,20). The Morgan fingerprint density at radius 3 is 2.74 bits per heavy atom. The van der Waals surface area contributed by atoms with Gasteiger partial charge in [0, 0.05) is 26.3 Å². The Labute approximate surface area is 135 Å². The molecule has 1 aromatic carbocycles. The number of aromatic nitrogens is 3. The number of benzene rings is 1. The van der Waals surface area contributed by atoms with Gasteiger partial charge >= 0.3 is 0 Å². The zero-order valence-corrected chi connectivity index (χ0v) is 13.5. The highest BCUT2D eigenvalue weighted by Crippen LogP contribution is 2.30. The van der Waals surface area contributed by atoms with E-state index in [1.807, 2.05) is 12.1 Å². The lowest BCUT2D eigenvalue weighted by atomic mass is 10.2. The third-order valence-corrected chi connectivity index (χ3v) is 3.05. The van der Waals surface area contributed by atoms with Gasteiger partial charge in [-0.25, -0.2) is 0 Å². The molecular formula is C15H21N5O3. The number of anilines is 3. The molecule has 0 saturated carbocycles. The van der Waals surface area contributed by atoms with E-state index in [0.717, 1.165) is 18.7 Å². The highest BCUT2D eigenvalue weighted by atomic mass is 16.5. The van der Waals surface area contributed by atoms with Gasteiger partial charge in [0.25, 0.3) is 0 Å². The summed E-state index contributed by atoms with van der Waals surface area (Å²) in [5.41, 5.74) is 0.728. The third kappa shape index (κ3) is 4.96. The van der Waals surface area contributed by atoms with E-state index in [9.17, 15) is 0 Å². The quantitative estimate of drug-likeness (QED) is 0.679. The van der Waals surface area contributed by atoms with Crippen molar-refractivity contribution < 1.29 is 14.2 Å². The highest BCUT2D eigenvalue weighted by Gasteiger charge is 2.07. The van der Waals surface area contributed by atoms with Crippen molar-refractivity contribution in [3.63, 3.8) is 0 Å². The number of hydrogen-bond acceptors (Lipinski definition) is 8. The van der Waals surface area contributed by atoms with Crippen LogP contribution in [0.5, 0.6) is 11.5 Å². The minimum atomic E-state index is 0.380. The van der Waals surface area contributed by atoms with Crippen LogP contribution in [0, 0.1) is 0 Å². The van der Waals surface area contributed by atoms with Gasteiger partial charge in [-0.1, -0.05) is 0 Å². The maximum atomic E-state index is 5.33. The molecule has 0 spiro atoms. The van der Waals surface area contributed by atoms with Crippen molar-refractivity contribution in [3.05, 3.63) is 24.4 Å². The van der Waals surface area contributed by atoms with Crippen LogP contribution in [0.15, 0.2) is 24.4 Å². The number of rotatable bonds is 9. The normalized spacial score (nSPS) is 10.2. The van der Waals surface area contributed by atoms with Crippen LogP contribution < -0.4 is 20.1 Å². The molecule has 124 valence electrons. The fourth-order valence-corrected chi connectivity index (χ4v) is 1.90. The van der Waals surface area contributed by atoms with Gasteiger partial charge in [-0.3, -0.25) is 0 Å². The number of nitrogens with zero attached hydrogens (tertiary/aromatic N) is 3.